The summed E-state index contributed by atoms with van der Waals surface area (Å²) in [6, 6.07) is 24.9. The van der Waals surface area contributed by atoms with E-state index in [-0.39, 0.29) is 9.79 Å². The molecule has 2 heterocycles. The van der Waals surface area contributed by atoms with Gasteiger partial charge in [-0.2, -0.15) is 10.2 Å². The van der Waals surface area contributed by atoms with E-state index in [1.807, 2.05) is 36.4 Å². The van der Waals surface area contributed by atoms with Crippen molar-refractivity contribution in [1.82, 2.24) is 20.4 Å². The lowest BCUT2D eigenvalue weighted by atomic mass is 10.0. The fourth-order valence-corrected chi connectivity index (χ4v) is 5.10. The van der Waals surface area contributed by atoms with Gasteiger partial charge >= 0.3 is 0 Å². The van der Waals surface area contributed by atoms with Crippen LogP contribution in [0.4, 0.5) is 0 Å². The van der Waals surface area contributed by atoms with Gasteiger partial charge in [-0.05, 0) is 53.6 Å². The lowest BCUT2D eigenvalue weighted by Crippen LogP contribution is -1.96. The number of hydrogen-bond acceptors (Lipinski definition) is 6. The van der Waals surface area contributed by atoms with E-state index in [4.69, 9.17) is 0 Å². The molecule has 0 aliphatic heterocycles. The van der Waals surface area contributed by atoms with Gasteiger partial charge in [0.15, 0.2) is 19.7 Å². The van der Waals surface area contributed by atoms with Gasteiger partial charge in [-0.15, -0.1) is 0 Å². The summed E-state index contributed by atoms with van der Waals surface area (Å²) in [7, 11) is -6.51. The lowest BCUT2D eigenvalue weighted by Gasteiger charge is -2.01. The smallest absolute Gasteiger partial charge is 0.175 e. The number of aromatic nitrogens is 4. The normalized spacial score (nSPS) is 12.1. The Hall–Kier alpha value is -4.02. The van der Waals surface area contributed by atoms with Crippen molar-refractivity contribution in [3.05, 3.63) is 84.9 Å². The quantitative estimate of drug-likeness (QED) is 0.338. The standard InChI is InChI=1S/C26H22N4O4S2/c1-35(31,32)21-10-6-17(7-11-21)23-15-25(29-27-23)19-4-3-5-20(14-19)26-16-24(28-30-26)18-8-12-22(13-9-18)36(2,33)34/h3-16H,1-2H3,(H,27,29)(H,28,30). The van der Waals surface area contributed by atoms with E-state index in [0.717, 1.165) is 45.0 Å². The molecule has 0 saturated carbocycles. The zero-order valence-electron chi connectivity index (χ0n) is 19.4. The van der Waals surface area contributed by atoms with E-state index >= 15 is 0 Å². The highest BCUT2D eigenvalue weighted by atomic mass is 32.2. The molecule has 8 nitrogen and oxygen atoms in total. The van der Waals surface area contributed by atoms with Gasteiger partial charge < -0.3 is 0 Å². The molecule has 0 bridgehead atoms. The van der Waals surface area contributed by atoms with E-state index in [0.29, 0.717) is 0 Å². The second kappa shape index (κ2) is 8.89. The highest BCUT2D eigenvalue weighted by Crippen LogP contribution is 2.29. The third kappa shape index (κ3) is 4.86. The first kappa shape index (κ1) is 23.7. The Balaban J connectivity index is 1.39. The molecule has 36 heavy (non-hydrogen) atoms. The predicted molar refractivity (Wildman–Crippen MR) is 139 cm³/mol. The molecule has 0 unspecified atom stereocenters. The van der Waals surface area contributed by atoms with Crippen LogP contribution in [0.25, 0.3) is 45.0 Å². The van der Waals surface area contributed by atoms with E-state index in [2.05, 4.69) is 20.4 Å². The van der Waals surface area contributed by atoms with E-state index in [1.54, 1.807) is 48.5 Å². The van der Waals surface area contributed by atoms with E-state index in [9.17, 15) is 16.8 Å². The van der Waals surface area contributed by atoms with Crippen molar-refractivity contribution in [2.45, 2.75) is 9.79 Å². The van der Waals surface area contributed by atoms with Crippen LogP contribution in [0.15, 0.2) is 94.7 Å². The van der Waals surface area contributed by atoms with Crippen LogP contribution >= 0.6 is 0 Å². The van der Waals surface area contributed by atoms with Crippen molar-refractivity contribution in [3.8, 4) is 45.0 Å². The first-order valence-corrected chi connectivity index (χ1v) is 14.7. The number of hydrogen-bond donors (Lipinski definition) is 2. The van der Waals surface area contributed by atoms with Gasteiger partial charge in [-0.25, -0.2) is 16.8 Å². The molecule has 0 atom stereocenters. The Labute approximate surface area is 208 Å². The highest BCUT2D eigenvalue weighted by Gasteiger charge is 2.12. The van der Waals surface area contributed by atoms with Gasteiger partial charge in [-0.3, -0.25) is 10.2 Å². The molecule has 3 aromatic carbocycles. The SMILES string of the molecule is CS(=O)(=O)c1ccc(-c2cc(-c3cccc(-c4cc(-c5ccc(S(C)(=O)=O)cc5)[nH]n4)c3)n[nH]2)cc1. The Bertz CT molecular complexity index is 1640. The largest absolute Gasteiger partial charge is 0.277 e. The van der Waals surface area contributed by atoms with Gasteiger partial charge in [0.25, 0.3) is 0 Å². The number of benzene rings is 3. The topological polar surface area (TPSA) is 126 Å². The second-order valence-corrected chi connectivity index (χ2v) is 12.5. The van der Waals surface area contributed by atoms with Crippen molar-refractivity contribution < 1.29 is 16.8 Å². The Kier molecular flexibility index (Phi) is 5.85. The van der Waals surface area contributed by atoms with Gasteiger partial charge in [0, 0.05) is 23.6 Å². The van der Waals surface area contributed by atoms with Crippen molar-refractivity contribution in [3.63, 3.8) is 0 Å². The summed E-state index contributed by atoms with van der Waals surface area (Å²) >= 11 is 0. The molecule has 0 amide bonds. The Morgan fingerprint density at radius 3 is 1.28 bits per heavy atom. The van der Waals surface area contributed by atoms with Crippen LogP contribution in [0, 0.1) is 0 Å². The fourth-order valence-electron chi connectivity index (χ4n) is 3.84. The van der Waals surface area contributed by atoms with Gasteiger partial charge in [0.05, 0.1) is 32.6 Å². The van der Waals surface area contributed by atoms with Crippen LogP contribution in [0.5, 0.6) is 0 Å². The summed E-state index contributed by atoms with van der Waals surface area (Å²) in [5.41, 5.74) is 6.48. The Morgan fingerprint density at radius 2 is 0.917 bits per heavy atom. The molecule has 0 saturated heterocycles. The molecule has 5 rings (SSSR count). The van der Waals surface area contributed by atoms with Gasteiger partial charge in [0.2, 0.25) is 0 Å². The van der Waals surface area contributed by atoms with Crippen LogP contribution in [-0.4, -0.2) is 49.7 Å². The summed E-state index contributed by atoms with van der Waals surface area (Å²) in [5, 5.41) is 14.9. The summed E-state index contributed by atoms with van der Waals surface area (Å²) in [4.78, 5) is 0.534. The molecule has 5 aromatic rings. The average molecular weight is 519 g/mol. The van der Waals surface area contributed by atoms with Crippen molar-refractivity contribution >= 4 is 19.7 Å². The molecule has 0 fully saturated rings. The third-order valence-corrected chi connectivity index (χ3v) is 8.05. The maximum absolute atomic E-state index is 11.7. The minimum absolute atomic E-state index is 0.267. The van der Waals surface area contributed by atoms with Gasteiger partial charge in [-0.1, -0.05) is 42.5 Å². The maximum atomic E-state index is 11.7. The van der Waals surface area contributed by atoms with Crippen LogP contribution in [0.1, 0.15) is 0 Å². The monoisotopic (exact) mass is 518 g/mol. The number of nitrogens with one attached hydrogen (secondary N) is 2. The first-order chi connectivity index (χ1) is 17.1. The summed E-state index contributed by atoms with van der Waals surface area (Å²) in [6.07, 6.45) is 2.36. The molecule has 0 spiro atoms. The number of rotatable bonds is 6. The molecule has 182 valence electrons. The summed E-state index contributed by atoms with van der Waals surface area (Å²) in [5.74, 6) is 0. The van der Waals surface area contributed by atoms with Gasteiger partial charge in [0.1, 0.15) is 0 Å². The summed E-state index contributed by atoms with van der Waals surface area (Å²) in [6.45, 7) is 0. The molecule has 2 aromatic heterocycles. The predicted octanol–water partition coefficient (Wildman–Crippen LogP) is 4.61. The minimum atomic E-state index is -3.25. The van der Waals surface area contributed by atoms with Crippen LogP contribution in [0.2, 0.25) is 0 Å². The van der Waals surface area contributed by atoms with Crippen LogP contribution in [0.3, 0.4) is 0 Å². The van der Waals surface area contributed by atoms with Crippen LogP contribution < -0.4 is 0 Å². The third-order valence-electron chi connectivity index (χ3n) is 5.80. The number of aromatic amines is 2. The highest BCUT2D eigenvalue weighted by molar-refractivity contribution is 7.91. The van der Waals surface area contributed by atoms with Crippen LogP contribution in [-0.2, 0) is 19.7 Å². The first-order valence-electron chi connectivity index (χ1n) is 10.9. The Morgan fingerprint density at radius 1 is 0.528 bits per heavy atom. The number of sulfone groups is 2. The molecular weight excluding hydrogens is 496 g/mol. The summed E-state index contributed by atoms with van der Waals surface area (Å²) < 4.78 is 46.8. The maximum Gasteiger partial charge on any atom is 0.175 e. The van der Waals surface area contributed by atoms with Crippen molar-refractivity contribution in [1.29, 1.82) is 0 Å². The van der Waals surface area contributed by atoms with E-state index in [1.165, 1.54) is 12.5 Å². The molecular formula is C26H22N4O4S2. The minimum Gasteiger partial charge on any atom is -0.277 e. The second-order valence-electron chi connectivity index (χ2n) is 8.51. The number of H-pyrrole nitrogens is 2. The molecule has 0 radical (unpaired) electrons. The fraction of sp³-hybridized carbons (Fsp3) is 0.0769. The average Bonchev–Trinajstić information content (AvgIpc) is 3.54. The molecule has 0 aliphatic rings. The molecule has 2 N–H and O–H groups in total. The number of nitrogens with zero attached hydrogens (tertiary/aromatic N) is 2. The van der Waals surface area contributed by atoms with Crippen molar-refractivity contribution in [2.75, 3.05) is 12.5 Å². The zero-order chi connectivity index (χ0) is 25.5. The zero-order valence-corrected chi connectivity index (χ0v) is 21.1. The molecule has 0 aliphatic carbocycles. The van der Waals surface area contributed by atoms with E-state index < -0.39 is 19.7 Å². The molecule has 10 heteroatoms. The lowest BCUT2D eigenvalue weighted by molar-refractivity contribution is 0.600. The van der Waals surface area contributed by atoms with Crippen molar-refractivity contribution in [2.24, 2.45) is 0 Å².